The highest BCUT2D eigenvalue weighted by molar-refractivity contribution is 6.10. The van der Waals surface area contributed by atoms with Crippen molar-refractivity contribution in [3.8, 4) is 11.5 Å². The van der Waals surface area contributed by atoms with Gasteiger partial charge in [0.25, 0.3) is 5.91 Å². The molecule has 0 saturated carbocycles. The molecule has 1 N–H and O–H groups in total. The fourth-order valence-electron chi connectivity index (χ4n) is 7.09. The number of ether oxygens (including phenoxy) is 3. The average molecular weight is 583 g/mol. The lowest BCUT2D eigenvalue weighted by atomic mass is 9.55. The molecular formula is C34H34N2O7. The number of unbranched alkanes of at least 4 members (excludes halogenated alkanes) is 1. The second-order valence-electron chi connectivity index (χ2n) is 11.2. The van der Waals surface area contributed by atoms with Crippen molar-refractivity contribution in [2.45, 2.75) is 44.1 Å². The minimum absolute atomic E-state index is 0.257. The Labute approximate surface area is 250 Å². The third kappa shape index (κ3) is 4.73. The zero-order chi connectivity index (χ0) is 30.2. The summed E-state index contributed by atoms with van der Waals surface area (Å²) in [5, 5.41) is 2.67. The van der Waals surface area contributed by atoms with Crippen molar-refractivity contribution in [1.82, 2.24) is 4.90 Å². The van der Waals surface area contributed by atoms with Crippen LogP contribution in [0.25, 0.3) is 0 Å². The van der Waals surface area contributed by atoms with Gasteiger partial charge in [0, 0.05) is 17.9 Å². The van der Waals surface area contributed by atoms with E-state index in [0.717, 1.165) is 33.6 Å². The molecule has 9 nitrogen and oxygen atoms in total. The van der Waals surface area contributed by atoms with Gasteiger partial charge in [0.1, 0.15) is 17.5 Å². The van der Waals surface area contributed by atoms with Gasteiger partial charge >= 0.3 is 5.97 Å². The standard InChI is InChI=1S/C34H34N2O7/c1-4-5-14-25(34(40)43-18-27(37)35-24-17-19(41-2)15-16-26(24)42-3)36-32(38)30-28-20-10-6-7-11-21(20)29(31(30)33(36)39)23-13-9-8-12-22(23)28/h6-13,15-17,25,28-31H,4-5,14,18H2,1-3H3,(H,35,37)/t25-,28?,29?,30+,31+/m1/s1. The number of hydrogen-bond donors (Lipinski definition) is 1. The Kier molecular flexibility index (Phi) is 7.64. The van der Waals surface area contributed by atoms with E-state index in [1.807, 2.05) is 55.5 Å². The molecule has 3 aromatic rings. The van der Waals surface area contributed by atoms with Gasteiger partial charge < -0.3 is 19.5 Å². The molecule has 0 spiro atoms. The second-order valence-corrected chi connectivity index (χ2v) is 11.2. The van der Waals surface area contributed by atoms with E-state index in [9.17, 15) is 19.2 Å². The summed E-state index contributed by atoms with van der Waals surface area (Å²) < 4.78 is 16.0. The monoisotopic (exact) mass is 582 g/mol. The molecule has 2 bridgehead atoms. The topological polar surface area (TPSA) is 111 Å². The van der Waals surface area contributed by atoms with Crippen LogP contribution in [0.1, 0.15) is 60.3 Å². The number of esters is 1. The van der Waals surface area contributed by atoms with Crippen LogP contribution < -0.4 is 14.8 Å². The molecule has 3 aromatic carbocycles. The van der Waals surface area contributed by atoms with Crippen molar-refractivity contribution in [2.75, 3.05) is 26.1 Å². The van der Waals surface area contributed by atoms with E-state index in [0.29, 0.717) is 23.6 Å². The van der Waals surface area contributed by atoms with Gasteiger partial charge in [-0.1, -0.05) is 68.3 Å². The maximum absolute atomic E-state index is 14.2. The van der Waals surface area contributed by atoms with Crippen LogP contribution in [0.3, 0.4) is 0 Å². The Bertz CT molecular complexity index is 1490. The summed E-state index contributed by atoms with van der Waals surface area (Å²) in [5.41, 5.74) is 4.61. The van der Waals surface area contributed by atoms with Crippen LogP contribution in [0, 0.1) is 11.8 Å². The number of hydrogen-bond acceptors (Lipinski definition) is 7. The van der Waals surface area contributed by atoms with Gasteiger partial charge in [-0.05, 0) is 40.8 Å². The largest absolute Gasteiger partial charge is 0.497 e. The molecule has 0 unspecified atom stereocenters. The van der Waals surface area contributed by atoms with Gasteiger partial charge in [0.2, 0.25) is 11.8 Å². The number of imide groups is 1. The predicted molar refractivity (Wildman–Crippen MR) is 158 cm³/mol. The average Bonchev–Trinajstić information content (AvgIpc) is 3.30. The lowest BCUT2D eigenvalue weighted by Gasteiger charge is -2.45. The first-order chi connectivity index (χ1) is 20.9. The first-order valence-electron chi connectivity index (χ1n) is 14.6. The molecule has 3 aliphatic carbocycles. The van der Waals surface area contributed by atoms with Gasteiger partial charge in [-0.2, -0.15) is 0 Å². The maximum Gasteiger partial charge on any atom is 0.329 e. The molecule has 3 amide bonds. The van der Waals surface area contributed by atoms with Gasteiger partial charge in [-0.25, -0.2) is 4.79 Å². The van der Waals surface area contributed by atoms with Crippen LogP contribution in [-0.4, -0.2) is 55.5 Å². The number of methoxy groups -OCH3 is 2. The lowest BCUT2D eigenvalue weighted by molar-refractivity contribution is -0.160. The predicted octanol–water partition coefficient (Wildman–Crippen LogP) is 4.64. The van der Waals surface area contributed by atoms with Crippen molar-refractivity contribution in [2.24, 2.45) is 11.8 Å². The zero-order valence-corrected chi connectivity index (χ0v) is 24.4. The van der Waals surface area contributed by atoms with Crippen molar-refractivity contribution >= 4 is 29.4 Å². The minimum atomic E-state index is -1.12. The van der Waals surface area contributed by atoms with Gasteiger partial charge in [-0.15, -0.1) is 0 Å². The smallest absolute Gasteiger partial charge is 0.329 e. The number of amides is 3. The number of carbonyl (C=O) groups excluding carboxylic acids is 4. The van der Waals surface area contributed by atoms with E-state index < -0.39 is 36.4 Å². The zero-order valence-electron chi connectivity index (χ0n) is 24.4. The third-order valence-electron chi connectivity index (χ3n) is 8.92. The first-order valence-corrected chi connectivity index (χ1v) is 14.6. The number of carbonyl (C=O) groups is 4. The molecule has 7 rings (SSSR count). The Hall–Kier alpha value is -4.66. The summed E-state index contributed by atoms with van der Waals surface area (Å²) in [5.74, 6) is -2.87. The summed E-state index contributed by atoms with van der Waals surface area (Å²) in [6.45, 7) is 1.38. The number of nitrogens with zero attached hydrogens (tertiary/aromatic N) is 1. The van der Waals surface area contributed by atoms with E-state index in [4.69, 9.17) is 14.2 Å². The van der Waals surface area contributed by atoms with Gasteiger partial charge in [0.15, 0.2) is 6.61 Å². The number of benzene rings is 3. The fraction of sp³-hybridized carbons (Fsp3) is 0.353. The number of anilines is 1. The summed E-state index contributed by atoms with van der Waals surface area (Å²) in [6.07, 6.45) is 1.62. The highest BCUT2D eigenvalue weighted by Gasteiger charge is 2.63. The summed E-state index contributed by atoms with van der Waals surface area (Å²) in [7, 11) is 2.98. The van der Waals surface area contributed by atoms with Gasteiger partial charge in [-0.3, -0.25) is 19.3 Å². The number of rotatable bonds is 10. The Balaban J connectivity index is 1.24. The number of likely N-dealkylation sites (tertiary alicyclic amines) is 1. The third-order valence-corrected chi connectivity index (χ3v) is 8.92. The normalized spacial score (nSPS) is 21.9. The summed E-state index contributed by atoms with van der Waals surface area (Å²) >= 11 is 0. The van der Waals surface area contributed by atoms with Crippen LogP contribution in [0.4, 0.5) is 5.69 Å². The molecule has 4 aliphatic rings. The van der Waals surface area contributed by atoms with Crippen LogP contribution in [0.5, 0.6) is 11.5 Å². The quantitative estimate of drug-likeness (QED) is 0.274. The molecule has 1 fully saturated rings. The van der Waals surface area contributed by atoms with Crippen molar-refractivity contribution in [3.63, 3.8) is 0 Å². The summed E-state index contributed by atoms with van der Waals surface area (Å²) in [4.78, 5) is 55.8. The molecule has 9 heteroatoms. The molecule has 0 aromatic heterocycles. The van der Waals surface area contributed by atoms with Crippen LogP contribution in [0.15, 0.2) is 66.7 Å². The van der Waals surface area contributed by atoms with Crippen molar-refractivity contribution < 1.29 is 33.4 Å². The van der Waals surface area contributed by atoms with Crippen molar-refractivity contribution in [3.05, 3.63) is 89.0 Å². The highest BCUT2D eigenvalue weighted by atomic mass is 16.5. The van der Waals surface area contributed by atoms with E-state index in [2.05, 4.69) is 5.32 Å². The Morgan fingerprint density at radius 3 is 1.88 bits per heavy atom. The van der Waals surface area contributed by atoms with E-state index in [-0.39, 0.29) is 30.1 Å². The molecule has 1 heterocycles. The Morgan fingerprint density at radius 1 is 0.837 bits per heavy atom. The molecule has 3 atom stereocenters. The maximum atomic E-state index is 14.2. The lowest BCUT2D eigenvalue weighted by Crippen LogP contribution is -2.47. The highest BCUT2D eigenvalue weighted by Crippen LogP contribution is 2.61. The van der Waals surface area contributed by atoms with E-state index in [1.54, 1.807) is 18.2 Å². The molecule has 0 radical (unpaired) electrons. The molecular weight excluding hydrogens is 548 g/mol. The van der Waals surface area contributed by atoms with Gasteiger partial charge in [0.05, 0.1) is 31.7 Å². The SMILES string of the molecule is CCCC[C@H](C(=O)OCC(=O)Nc1cc(OC)ccc1OC)N1C(=O)[C@H]2C3c4ccccc4C(c4ccccc43)[C@@H]2C1=O. The van der Waals surface area contributed by atoms with Crippen LogP contribution >= 0.6 is 0 Å². The van der Waals surface area contributed by atoms with Crippen molar-refractivity contribution in [1.29, 1.82) is 0 Å². The van der Waals surface area contributed by atoms with E-state index in [1.165, 1.54) is 14.2 Å². The van der Waals surface area contributed by atoms with E-state index >= 15 is 0 Å². The fourth-order valence-corrected chi connectivity index (χ4v) is 7.09. The molecule has 43 heavy (non-hydrogen) atoms. The minimum Gasteiger partial charge on any atom is -0.497 e. The first kappa shape index (κ1) is 28.5. The number of nitrogens with one attached hydrogen (secondary N) is 1. The Morgan fingerprint density at radius 2 is 1.40 bits per heavy atom. The molecule has 1 saturated heterocycles. The van der Waals surface area contributed by atoms with Crippen LogP contribution in [0.2, 0.25) is 0 Å². The second kappa shape index (κ2) is 11.6. The summed E-state index contributed by atoms with van der Waals surface area (Å²) in [6, 6.07) is 19.8. The molecule has 222 valence electrons. The van der Waals surface area contributed by atoms with Crippen LogP contribution in [-0.2, 0) is 23.9 Å². The molecule has 1 aliphatic heterocycles.